The number of rotatable bonds is 5. The predicted octanol–water partition coefficient (Wildman–Crippen LogP) is 4.17. The molecule has 4 rings (SSSR count). The fourth-order valence-electron chi connectivity index (χ4n) is 5.64. The van der Waals surface area contributed by atoms with Crippen LogP contribution in [0.2, 0.25) is 0 Å². The first-order chi connectivity index (χ1) is 15.6. The molecule has 0 spiro atoms. The summed E-state index contributed by atoms with van der Waals surface area (Å²) >= 11 is 0. The average Bonchev–Trinajstić information content (AvgIpc) is 3.19. The Bertz CT molecular complexity index is 920. The maximum absolute atomic E-state index is 13.5. The fraction of sp³-hybridized carbons (Fsp3) is 0.609. The largest absolute Gasteiger partial charge is 0.469 e. The number of benzene rings is 1. The van der Waals surface area contributed by atoms with Crippen molar-refractivity contribution < 1.29 is 32.6 Å². The van der Waals surface area contributed by atoms with Crippen LogP contribution in [0.4, 0.5) is 23.7 Å². The van der Waals surface area contributed by atoms with Crippen LogP contribution in [-0.4, -0.2) is 60.2 Å². The van der Waals surface area contributed by atoms with E-state index in [1.807, 2.05) is 12.1 Å². The average molecular weight is 467 g/mol. The van der Waals surface area contributed by atoms with Gasteiger partial charge in [-0.3, -0.25) is 9.80 Å². The topological polar surface area (TPSA) is 82.4 Å². The lowest BCUT2D eigenvalue weighted by atomic mass is 9.81. The molecule has 0 aromatic heterocycles. The van der Waals surface area contributed by atoms with Crippen molar-refractivity contribution in [3.63, 3.8) is 0 Å². The Hall–Kier alpha value is -2.78. The molecule has 2 heterocycles. The van der Waals surface area contributed by atoms with Gasteiger partial charge in [0.15, 0.2) is 0 Å². The number of carbonyl (C=O) groups is 2. The molecule has 2 aliphatic heterocycles. The van der Waals surface area contributed by atoms with E-state index in [1.54, 1.807) is 12.1 Å². The van der Waals surface area contributed by atoms with E-state index in [-0.39, 0.29) is 6.42 Å². The number of carboxylic acid groups (broad SMARTS) is 1. The Morgan fingerprint density at radius 3 is 2.27 bits per heavy atom. The zero-order valence-corrected chi connectivity index (χ0v) is 18.6. The number of anilines is 1. The van der Waals surface area contributed by atoms with Gasteiger partial charge in [-0.1, -0.05) is 19.1 Å². The first-order valence-corrected chi connectivity index (χ1v) is 11.2. The van der Waals surface area contributed by atoms with Crippen molar-refractivity contribution in [3.8, 4) is 0 Å². The molecule has 2 unspecified atom stereocenters. The third kappa shape index (κ3) is 4.65. The number of likely N-dealkylation sites (tertiary alicyclic amines) is 1. The zero-order valence-electron chi connectivity index (χ0n) is 18.6. The molecule has 0 radical (unpaired) electrons. The van der Waals surface area contributed by atoms with Gasteiger partial charge in [0.25, 0.3) is 0 Å². The minimum atomic E-state index is -4.58. The van der Waals surface area contributed by atoms with Crippen LogP contribution in [0.5, 0.6) is 0 Å². The third-order valence-electron chi connectivity index (χ3n) is 7.40. The van der Waals surface area contributed by atoms with E-state index in [0.29, 0.717) is 36.5 Å². The first-order valence-electron chi connectivity index (χ1n) is 11.2. The summed E-state index contributed by atoms with van der Waals surface area (Å²) in [5, 5.41) is 14.4. The lowest BCUT2D eigenvalue weighted by Gasteiger charge is -2.36. The van der Waals surface area contributed by atoms with Crippen LogP contribution in [0.3, 0.4) is 0 Å². The standard InChI is InChI=1S/C23H28F3N3O4/c1-13-19(10-20(30)33-2)29(27-21(13)23(24,25)26)17-7-3-14(4-8-17)9-18-15-5-6-16(18)12-28(11-15)22(31)32/h3-4,7-8,13,15-16,18-19H,5-6,9-12H2,1-2H3,(H,31,32)/t13-,15?,16?,18?,19-/m0/s1. The highest BCUT2D eigenvalue weighted by molar-refractivity contribution is 5.96. The molecule has 1 saturated carbocycles. The first kappa shape index (κ1) is 23.4. The number of fused-ring (bicyclic) bond motifs is 2. The number of hydrogen-bond donors (Lipinski definition) is 1. The molecule has 180 valence electrons. The molecule has 1 aliphatic carbocycles. The van der Waals surface area contributed by atoms with Crippen LogP contribution in [0.1, 0.15) is 31.7 Å². The normalized spacial score (nSPS) is 29.2. The highest BCUT2D eigenvalue weighted by atomic mass is 19.4. The Morgan fingerprint density at radius 2 is 1.76 bits per heavy atom. The van der Waals surface area contributed by atoms with E-state index in [0.717, 1.165) is 24.8 Å². The zero-order chi connectivity index (χ0) is 23.9. The van der Waals surface area contributed by atoms with Crippen molar-refractivity contribution >= 4 is 23.5 Å². The molecule has 1 saturated heterocycles. The Balaban J connectivity index is 1.50. The van der Waals surface area contributed by atoms with Crippen molar-refractivity contribution in [1.29, 1.82) is 0 Å². The van der Waals surface area contributed by atoms with Gasteiger partial charge >= 0.3 is 18.2 Å². The number of hydrazone groups is 1. The summed E-state index contributed by atoms with van der Waals surface area (Å²) in [4.78, 5) is 24.7. The molecule has 4 atom stereocenters. The van der Waals surface area contributed by atoms with Crippen molar-refractivity contribution in [2.24, 2.45) is 28.8 Å². The Kier molecular flexibility index (Phi) is 6.28. The summed E-state index contributed by atoms with van der Waals surface area (Å²) < 4.78 is 45.1. The molecule has 7 nitrogen and oxygen atoms in total. The van der Waals surface area contributed by atoms with Gasteiger partial charge in [-0.25, -0.2) is 4.79 Å². The molecule has 2 bridgehead atoms. The van der Waals surface area contributed by atoms with Gasteiger partial charge in [0.1, 0.15) is 5.71 Å². The van der Waals surface area contributed by atoms with E-state index in [4.69, 9.17) is 0 Å². The Labute approximate surface area is 190 Å². The van der Waals surface area contributed by atoms with Crippen molar-refractivity contribution in [3.05, 3.63) is 29.8 Å². The number of esters is 1. The minimum Gasteiger partial charge on any atom is -0.469 e. The van der Waals surface area contributed by atoms with Crippen LogP contribution in [0.15, 0.2) is 29.4 Å². The smallest absolute Gasteiger partial charge is 0.431 e. The van der Waals surface area contributed by atoms with Gasteiger partial charge in [-0.05, 0) is 54.7 Å². The molecule has 1 amide bonds. The SMILES string of the molecule is COC(=O)C[C@H]1[C@H](C)C(C(F)(F)F)=NN1c1ccc(CC2C3CCC2CN(C(=O)O)C3)cc1. The number of piperidine rings is 1. The summed E-state index contributed by atoms with van der Waals surface area (Å²) in [6, 6.07) is 6.47. The van der Waals surface area contributed by atoms with Crippen LogP contribution in [0.25, 0.3) is 0 Å². The molecule has 2 fully saturated rings. The number of methoxy groups -OCH3 is 1. The molecule has 1 N–H and O–H groups in total. The van der Waals surface area contributed by atoms with Gasteiger partial charge in [-0.15, -0.1) is 0 Å². The van der Waals surface area contributed by atoms with Gasteiger partial charge in [0, 0.05) is 19.0 Å². The second kappa shape index (κ2) is 8.87. The lowest BCUT2D eigenvalue weighted by Crippen LogP contribution is -2.45. The maximum atomic E-state index is 13.5. The van der Waals surface area contributed by atoms with Crippen molar-refractivity contribution in [2.45, 2.75) is 44.8 Å². The van der Waals surface area contributed by atoms with Crippen LogP contribution < -0.4 is 5.01 Å². The number of alkyl halides is 3. The van der Waals surface area contributed by atoms with E-state index >= 15 is 0 Å². The number of ether oxygens (including phenoxy) is 1. The summed E-state index contributed by atoms with van der Waals surface area (Å²) in [5.74, 6) is -0.487. The number of nitrogens with zero attached hydrogens (tertiary/aromatic N) is 3. The van der Waals surface area contributed by atoms with Gasteiger partial charge in [-0.2, -0.15) is 18.3 Å². The third-order valence-corrected chi connectivity index (χ3v) is 7.40. The summed E-state index contributed by atoms with van der Waals surface area (Å²) in [6.45, 7) is 2.54. The molecular formula is C23H28F3N3O4. The van der Waals surface area contributed by atoms with E-state index in [2.05, 4.69) is 9.84 Å². The second-order valence-electron chi connectivity index (χ2n) is 9.28. The van der Waals surface area contributed by atoms with E-state index in [9.17, 15) is 27.9 Å². The summed E-state index contributed by atoms with van der Waals surface area (Å²) in [7, 11) is 1.21. The Morgan fingerprint density at radius 1 is 1.15 bits per heavy atom. The molecule has 3 aliphatic rings. The molecule has 1 aromatic carbocycles. The highest BCUT2D eigenvalue weighted by Crippen LogP contribution is 2.44. The number of amides is 1. The van der Waals surface area contributed by atoms with Gasteiger partial charge in [0.2, 0.25) is 0 Å². The van der Waals surface area contributed by atoms with Crippen LogP contribution in [-0.2, 0) is 16.0 Å². The lowest BCUT2D eigenvalue weighted by molar-refractivity contribution is -0.141. The number of hydrogen-bond acceptors (Lipinski definition) is 5. The minimum absolute atomic E-state index is 0.200. The van der Waals surface area contributed by atoms with Crippen LogP contribution >= 0.6 is 0 Å². The number of halogens is 3. The summed E-state index contributed by atoms with van der Waals surface area (Å²) in [5.41, 5.74) is 0.644. The maximum Gasteiger partial charge on any atom is 0.431 e. The van der Waals surface area contributed by atoms with Crippen molar-refractivity contribution in [1.82, 2.24) is 4.90 Å². The van der Waals surface area contributed by atoms with Crippen LogP contribution in [0, 0.1) is 23.7 Å². The van der Waals surface area contributed by atoms with Crippen molar-refractivity contribution in [2.75, 3.05) is 25.2 Å². The predicted molar refractivity (Wildman–Crippen MR) is 115 cm³/mol. The summed E-state index contributed by atoms with van der Waals surface area (Å²) in [6.07, 6.45) is -2.79. The molecule has 1 aromatic rings. The quantitative estimate of drug-likeness (QED) is 0.658. The monoisotopic (exact) mass is 467 g/mol. The van der Waals surface area contributed by atoms with E-state index < -0.39 is 35.9 Å². The second-order valence-corrected chi connectivity index (χ2v) is 9.28. The fourth-order valence-corrected chi connectivity index (χ4v) is 5.64. The van der Waals surface area contributed by atoms with Gasteiger partial charge < -0.3 is 14.7 Å². The molecular weight excluding hydrogens is 439 g/mol. The number of carbonyl (C=O) groups excluding carboxylic acids is 1. The molecule has 10 heteroatoms. The van der Waals surface area contributed by atoms with Gasteiger partial charge in [0.05, 0.1) is 25.3 Å². The highest BCUT2D eigenvalue weighted by Gasteiger charge is 2.49. The van der Waals surface area contributed by atoms with E-state index in [1.165, 1.54) is 23.9 Å². The molecule has 33 heavy (non-hydrogen) atoms.